The molecule has 0 radical (unpaired) electrons. The van der Waals surface area contributed by atoms with Crippen LogP contribution in [0.25, 0.3) is 56.2 Å². The molecule has 2 aliphatic rings. The minimum atomic E-state index is -0.550. The summed E-state index contributed by atoms with van der Waals surface area (Å²) in [6.45, 7) is 0. The van der Waals surface area contributed by atoms with E-state index in [1.165, 1.54) is 38.3 Å². The van der Waals surface area contributed by atoms with Gasteiger partial charge in [0.25, 0.3) is 0 Å². The van der Waals surface area contributed by atoms with Crippen molar-refractivity contribution < 1.29 is 0 Å². The molecule has 10 rings (SSSR count). The van der Waals surface area contributed by atoms with Gasteiger partial charge in [-0.1, -0.05) is 163 Å². The van der Waals surface area contributed by atoms with Crippen molar-refractivity contribution >= 4 is 11.8 Å². The number of hydrogen-bond acceptors (Lipinski definition) is 4. The van der Waals surface area contributed by atoms with Crippen LogP contribution in [0.4, 0.5) is 0 Å². The van der Waals surface area contributed by atoms with Gasteiger partial charge in [-0.05, 0) is 68.8 Å². The predicted octanol–water partition coefficient (Wildman–Crippen LogP) is 11.8. The third-order valence-electron chi connectivity index (χ3n) is 10.4. The minimum absolute atomic E-state index is 0.550. The molecule has 1 aliphatic heterocycles. The number of nitrogens with zero attached hydrogens (tertiary/aromatic N) is 3. The first kappa shape index (κ1) is 30.3. The fraction of sp³-hybridized carbons (Fsp3) is 0.0208. The Bertz CT molecular complexity index is 2610. The van der Waals surface area contributed by atoms with E-state index in [0.29, 0.717) is 11.4 Å². The van der Waals surface area contributed by atoms with E-state index in [9.17, 15) is 5.26 Å². The molecule has 0 amide bonds. The van der Waals surface area contributed by atoms with Gasteiger partial charge in [-0.15, -0.1) is 0 Å². The monoisotopic (exact) mass is 679 g/mol. The number of nitriles is 1. The van der Waals surface area contributed by atoms with Crippen molar-refractivity contribution in [3.05, 3.63) is 204 Å². The number of benzene rings is 7. The van der Waals surface area contributed by atoms with Crippen molar-refractivity contribution in [2.24, 2.45) is 0 Å². The lowest BCUT2D eigenvalue weighted by molar-refractivity contribution is 0.721. The second-order valence-electron chi connectivity index (χ2n) is 13.2. The Morgan fingerprint density at radius 1 is 0.442 bits per heavy atom. The molecule has 242 valence electrons. The van der Waals surface area contributed by atoms with Crippen LogP contribution in [0.2, 0.25) is 0 Å². The van der Waals surface area contributed by atoms with Gasteiger partial charge in [-0.25, -0.2) is 9.97 Å². The largest absolute Gasteiger partial charge is 0.228 e. The lowest BCUT2D eigenvalue weighted by Crippen LogP contribution is -2.32. The molecule has 1 aliphatic carbocycles. The van der Waals surface area contributed by atoms with Crippen LogP contribution < -0.4 is 0 Å². The van der Waals surface area contributed by atoms with Crippen molar-refractivity contribution in [3.63, 3.8) is 0 Å². The number of rotatable bonds is 4. The summed E-state index contributed by atoms with van der Waals surface area (Å²) in [5.74, 6) is 0.691. The lowest BCUT2D eigenvalue weighted by Gasteiger charge is -2.40. The van der Waals surface area contributed by atoms with E-state index in [1.807, 2.05) is 48.5 Å². The van der Waals surface area contributed by atoms with Crippen LogP contribution >= 0.6 is 11.8 Å². The van der Waals surface area contributed by atoms with Crippen LogP contribution in [0.5, 0.6) is 0 Å². The first-order valence-electron chi connectivity index (χ1n) is 17.4. The third kappa shape index (κ3) is 4.60. The fourth-order valence-electron chi connectivity index (χ4n) is 8.09. The summed E-state index contributed by atoms with van der Waals surface area (Å²) in [6, 6.07) is 64.3. The Morgan fingerprint density at radius 3 is 1.60 bits per heavy atom. The molecule has 8 aromatic rings. The summed E-state index contributed by atoms with van der Waals surface area (Å²) < 4.78 is 0. The highest BCUT2D eigenvalue weighted by molar-refractivity contribution is 7.99. The minimum Gasteiger partial charge on any atom is -0.228 e. The van der Waals surface area contributed by atoms with E-state index in [1.54, 1.807) is 11.8 Å². The summed E-state index contributed by atoms with van der Waals surface area (Å²) in [4.78, 5) is 12.3. The molecule has 0 N–H and O–H groups in total. The Kier molecular flexibility index (Phi) is 7.02. The molecule has 52 heavy (non-hydrogen) atoms. The zero-order chi connectivity index (χ0) is 34.6. The molecule has 0 saturated carbocycles. The number of aromatic nitrogens is 2. The molecular formula is C48H29N3S. The highest BCUT2D eigenvalue weighted by atomic mass is 32.2. The zero-order valence-electron chi connectivity index (χ0n) is 28.0. The van der Waals surface area contributed by atoms with Gasteiger partial charge in [0, 0.05) is 26.5 Å². The quantitative estimate of drug-likeness (QED) is 0.186. The van der Waals surface area contributed by atoms with E-state index < -0.39 is 5.41 Å². The number of hydrogen-bond donors (Lipinski definition) is 0. The molecular weight excluding hydrogens is 651 g/mol. The summed E-state index contributed by atoms with van der Waals surface area (Å²) in [5.41, 5.74) is 14.7. The molecule has 0 atom stereocenters. The standard InChI is InChI=1S/C48H29N3S/c49-30-36-16-11-21-41-46(36)52-45-27-26-35(28-42(45)48(41)39-19-9-7-17-37(39)38-18-8-10-20-40(38)48)31-22-24-34(25-23-31)47-50-43(32-12-3-1-4-13-32)29-44(51-47)33-14-5-2-6-15-33/h1-29H. The molecule has 0 unspecified atom stereocenters. The van der Waals surface area contributed by atoms with E-state index >= 15 is 0 Å². The predicted molar refractivity (Wildman–Crippen MR) is 210 cm³/mol. The summed E-state index contributed by atoms with van der Waals surface area (Å²) >= 11 is 1.71. The van der Waals surface area contributed by atoms with Gasteiger partial charge >= 0.3 is 0 Å². The zero-order valence-corrected chi connectivity index (χ0v) is 28.8. The normalized spacial score (nSPS) is 13.1. The maximum atomic E-state index is 10.2. The van der Waals surface area contributed by atoms with Crippen LogP contribution in [0.1, 0.15) is 27.8 Å². The Hall–Kier alpha value is -6.54. The van der Waals surface area contributed by atoms with Gasteiger partial charge in [0.1, 0.15) is 6.07 Å². The van der Waals surface area contributed by atoms with E-state index in [4.69, 9.17) is 9.97 Å². The van der Waals surface area contributed by atoms with Crippen LogP contribution in [0, 0.1) is 11.3 Å². The average Bonchev–Trinajstić information content (AvgIpc) is 3.52. The number of fused-ring (bicyclic) bond motifs is 9. The first-order valence-corrected chi connectivity index (χ1v) is 18.2. The van der Waals surface area contributed by atoms with Crippen molar-refractivity contribution in [1.29, 1.82) is 5.26 Å². The molecule has 4 heteroatoms. The highest BCUT2D eigenvalue weighted by Crippen LogP contribution is 2.62. The maximum absolute atomic E-state index is 10.2. The average molecular weight is 680 g/mol. The van der Waals surface area contributed by atoms with Gasteiger partial charge in [-0.3, -0.25) is 0 Å². The van der Waals surface area contributed by atoms with Gasteiger partial charge < -0.3 is 0 Å². The van der Waals surface area contributed by atoms with Crippen molar-refractivity contribution in [3.8, 4) is 62.2 Å². The molecule has 7 aromatic carbocycles. The Balaban J connectivity index is 1.12. The van der Waals surface area contributed by atoms with Crippen LogP contribution in [0.15, 0.2) is 186 Å². The molecule has 2 heterocycles. The second-order valence-corrected chi connectivity index (χ2v) is 14.3. The van der Waals surface area contributed by atoms with Gasteiger partial charge in [-0.2, -0.15) is 5.26 Å². The molecule has 1 spiro atoms. The highest BCUT2D eigenvalue weighted by Gasteiger charge is 2.50. The van der Waals surface area contributed by atoms with Gasteiger partial charge in [0.15, 0.2) is 5.82 Å². The molecule has 3 nitrogen and oxygen atoms in total. The molecule has 0 saturated heterocycles. The molecule has 0 bridgehead atoms. The molecule has 0 fully saturated rings. The van der Waals surface area contributed by atoms with E-state index in [-0.39, 0.29) is 0 Å². The summed E-state index contributed by atoms with van der Waals surface area (Å²) in [6.07, 6.45) is 0. The SMILES string of the molecule is N#Cc1cccc2c1Sc1ccc(-c3ccc(-c4nc(-c5ccccc5)cc(-c5ccccc5)n4)cc3)cc1C21c2ccccc2-c2ccccc21. The van der Waals surface area contributed by atoms with Crippen molar-refractivity contribution in [2.75, 3.05) is 0 Å². The van der Waals surface area contributed by atoms with E-state index in [2.05, 4.69) is 133 Å². The van der Waals surface area contributed by atoms with Crippen molar-refractivity contribution in [2.45, 2.75) is 15.2 Å². The lowest BCUT2D eigenvalue weighted by atomic mass is 9.66. The van der Waals surface area contributed by atoms with Crippen LogP contribution in [0.3, 0.4) is 0 Å². The van der Waals surface area contributed by atoms with Gasteiger partial charge in [0.05, 0.1) is 22.4 Å². The van der Waals surface area contributed by atoms with E-state index in [0.717, 1.165) is 44.1 Å². The van der Waals surface area contributed by atoms with Crippen LogP contribution in [-0.4, -0.2) is 9.97 Å². The molecule has 1 aromatic heterocycles. The smallest absolute Gasteiger partial charge is 0.160 e. The fourth-order valence-corrected chi connectivity index (χ4v) is 9.33. The van der Waals surface area contributed by atoms with Crippen molar-refractivity contribution in [1.82, 2.24) is 9.97 Å². The third-order valence-corrected chi connectivity index (χ3v) is 11.6. The Morgan fingerprint density at radius 2 is 0.981 bits per heavy atom. The Labute approximate surface area is 307 Å². The summed E-state index contributed by atoms with van der Waals surface area (Å²) in [7, 11) is 0. The first-order chi connectivity index (χ1) is 25.7. The maximum Gasteiger partial charge on any atom is 0.160 e. The topological polar surface area (TPSA) is 49.6 Å². The summed E-state index contributed by atoms with van der Waals surface area (Å²) in [5, 5.41) is 10.2. The van der Waals surface area contributed by atoms with Crippen LogP contribution in [-0.2, 0) is 5.41 Å². The van der Waals surface area contributed by atoms with Gasteiger partial charge in [0.2, 0.25) is 0 Å². The second kappa shape index (κ2) is 12.1.